The second-order valence-electron chi connectivity index (χ2n) is 7.68. The van der Waals surface area contributed by atoms with Crippen molar-refractivity contribution in [1.29, 1.82) is 5.26 Å². The SMILES string of the molecule is Cc1cc(C(C)C)c(C(O)(n2cnc3cc(C#N)ccc32)C(F)(F)F)c2cc[nH]c12. The first kappa shape index (κ1) is 20.0. The van der Waals surface area contributed by atoms with Gasteiger partial charge in [0.2, 0.25) is 0 Å². The highest BCUT2D eigenvalue weighted by Gasteiger charge is 2.59. The summed E-state index contributed by atoms with van der Waals surface area (Å²) in [5.41, 5.74) is -1.31. The number of fused-ring (bicyclic) bond motifs is 2. The van der Waals surface area contributed by atoms with E-state index in [0.717, 1.165) is 16.5 Å². The van der Waals surface area contributed by atoms with Crippen molar-refractivity contribution < 1.29 is 18.3 Å². The molecule has 0 aliphatic carbocycles. The fourth-order valence-corrected chi connectivity index (χ4v) is 4.02. The molecule has 1 atom stereocenters. The minimum Gasteiger partial charge on any atom is -0.361 e. The highest BCUT2D eigenvalue weighted by molar-refractivity contribution is 5.89. The van der Waals surface area contributed by atoms with E-state index in [4.69, 9.17) is 5.26 Å². The number of nitriles is 1. The Kier molecular flexibility index (Phi) is 4.40. The van der Waals surface area contributed by atoms with E-state index in [1.165, 1.54) is 18.2 Å². The van der Waals surface area contributed by atoms with Crippen LogP contribution in [0.2, 0.25) is 0 Å². The summed E-state index contributed by atoms with van der Waals surface area (Å²) in [7, 11) is 0. The molecule has 2 aromatic carbocycles. The molecular formula is C22H19F3N4O. The van der Waals surface area contributed by atoms with Gasteiger partial charge in [-0.1, -0.05) is 19.9 Å². The van der Waals surface area contributed by atoms with Gasteiger partial charge in [0.25, 0.3) is 5.72 Å². The molecule has 2 heterocycles. The number of hydrogen-bond acceptors (Lipinski definition) is 3. The number of H-pyrrole nitrogens is 1. The first-order valence-electron chi connectivity index (χ1n) is 9.37. The number of aliphatic hydroxyl groups is 1. The van der Waals surface area contributed by atoms with E-state index in [1.54, 1.807) is 32.2 Å². The van der Waals surface area contributed by atoms with Gasteiger partial charge >= 0.3 is 6.18 Å². The lowest BCUT2D eigenvalue weighted by Crippen LogP contribution is -2.49. The molecule has 4 aromatic rings. The second kappa shape index (κ2) is 6.61. The van der Waals surface area contributed by atoms with Crippen molar-refractivity contribution in [2.24, 2.45) is 0 Å². The first-order valence-corrected chi connectivity index (χ1v) is 9.37. The van der Waals surface area contributed by atoms with Gasteiger partial charge < -0.3 is 10.1 Å². The van der Waals surface area contributed by atoms with Crippen LogP contribution in [0.3, 0.4) is 0 Å². The highest BCUT2D eigenvalue weighted by atomic mass is 19.4. The number of rotatable bonds is 3. The Morgan fingerprint density at radius 2 is 1.93 bits per heavy atom. The number of aryl methyl sites for hydroxylation is 1. The molecule has 0 saturated carbocycles. The third-order valence-electron chi connectivity index (χ3n) is 5.46. The van der Waals surface area contributed by atoms with Crippen LogP contribution >= 0.6 is 0 Å². The summed E-state index contributed by atoms with van der Waals surface area (Å²) in [4.78, 5) is 7.01. The van der Waals surface area contributed by atoms with Gasteiger partial charge in [-0.15, -0.1) is 0 Å². The molecule has 2 aromatic heterocycles. The summed E-state index contributed by atoms with van der Waals surface area (Å²) in [5.74, 6) is -0.271. The van der Waals surface area contributed by atoms with E-state index in [2.05, 4.69) is 9.97 Å². The Bertz CT molecular complexity index is 1310. The molecule has 0 radical (unpaired) electrons. The van der Waals surface area contributed by atoms with Crippen LogP contribution in [0.4, 0.5) is 13.2 Å². The maximum atomic E-state index is 14.6. The molecule has 0 bridgehead atoms. The van der Waals surface area contributed by atoms with E-state index >= 15 is 0 Å². The van der Waals surface area contributed by atoms with Crippen molar-refractivity contribution in [3.05, 3.63) is 65.1 Å². The molecule has 4 rings (SSSR count). The lowest BCUT2D eigenvalue weighted by atomic mass is 9.85. The largest absolute Gasteiger partial charge is 0.441 e. The molecule has 0 fully saturated rings. The lowest BCUT2D eigenvalue weighted by Gasteiger charge is -2.35. The van der Waals surface area contributed by atoms with Crippen molar-refractivity contribution in [3.63, 3.8) is 0 Å². The average Bonchev–Trinajstić information content (AvgIpc) is 3.33. The normalized spacial score (nSPS) is 14.4. The summed E-state index contributed by atoms with van der Waals surface area (Å²) < 4.78 is 44.7. The third-order valence-corrected chi connectivity index (χ3v) is 5.46. The smallest absolute Gasteiger partial charge is 0.361 e. The summed E-state index contributed by atoms with van der Waals surface area (Å²) in [6, 6.07) is 9.34. The number of imidazole rings is 1. The van der Waals surface area contributed by atoms with E-state index in [-0.39, 0.29) is 28.1 Å². The van der Waals surface area contributed by atoms with Crippen LogP contribution in [0.5, 0.6) is 0 Å². The van der Waals surface area contributed by atoms with Crippen molar-refractivity contribution in [3.8, 4) is 6.07 Å². The molecule has 1 unspecified atom stereocenters. The molecule has 0 saturated heterocycles. The lowest BCUT2D eigenvalue weighted by molar-refractivity contribution is -0.277. The van der Waals surface area contributed by atoms with Crippen LogP contribution < -0.4 is 0 Å². The Labute approximate surface area is 170 Å². The third kappa shape index (κ3) is 2.70. The van der Waals surface area contributed by atoms with Gasteiger partial charge in [0.05, 0.1) is 29.0 Å². The van der Waals surface area contributed by atoms with Gasteiger partial charge in [0, 0.05) is 22.7 Å². The number of nitrogens with one attached hydrogen (secondary N) is 1. The summed E-state index contributed by atoms with van der Waals surface area (Å²) in [6.07, 6.45) is -2.51. The zero-order chi connectivity index (χ0) is 21.8. The number of alkyl halides is 3. The number of aromatic amines is 1. The molecular weight excluding hydrogens is 393 g/mol. The van der Waals surface area contributed by atoms with Crippen molar-refractivity contribution in [1.82, 2.24) is 14.5 Å². The zero-order valence-electron chi connectivity index (χ0n) is 16.5. The van der Waals surface area contributed by atoms with E-state index in [0.29, 0.717) is 16.5 Å². The molecule has 154 valence electrons. The maximum Gasteiger partial charge on any atom is 0.441 e. The molecule has 0 aliphatic heterocycles. The predicted octanol–water partition coefficient (Wildman–Crippen LogP) is 5.08. The minimum absolute atomic E-state index is 0.0767. The fraction of sp³-hybridized carbons (Fsp3) is 0.273. The molecule has 2 N–H and O–H groups in total. The molecule has 0 aliphatic rings. The highest BCUT2D eigenvalue weighted by Crippen LogP contribution is 2.47. The number of benzene rings is 2. The average molecular weight is 412 g/mol. The van der Waals surface area contributed by atoms with Gasteiger partial charge in [-0.2, -0.15) is 18.4 Å². The zero-order valence-corrected chi connectivity index (χ0v) is 16.5. The Morgan fingerprint density at radius 1 is 1.20 bits per heavy atom. The van der Waals surface area contributed by atoms with Crippen LogP contribution in [0.25, 0.3) is 21.9 Å². The number of halogens is 3. The topological polar surface area (TPSA) is 77.6 Å². The fourth-order valence-electron chi connectivity index (χ4n) is 4.02. The van der Waals surface area contributed by atoms with Crippen LogP contribution in [-0.2, 0) is 5.72 Å². The van der Waals surface area contributed by atoms with E-state index in [1.807, 2.05) is 13.0 Å². The van der Waals surface area contributed by atoms with Crippen molar-refractivity contribution >= 4 is 21.9 Å². The molecule has 0 amide bonds. The minimum atomic E-state index is -5.04. The molecule has 5 nitrogen and oxygen atoms in total. The monoisotopic (exact) mass is 412 g/mol. The molecule has 0 spiro atoms. The maximum absolute atomic E-state index is 14.6. The van der Waals surface area contributed by atoms with Crippen LogP contribution in [0, 0.1) is 18.3 Å². The van der Waals surface area contributed by atoms with Crippen LogP contribution in [0.15, 0.2) is 42.9 Å². The van der Waals surface area contributed by atoms with Crippen molar-refractivity contribution in [2.75, 3.05) is 0 Å². The number of hydrogen-bond donors (Lipinski definition) is 2. The summed E-state index contributed by atoms with van der Waals surface area (Å²) in [6.45, 7) is 5.40. The van der Waals surface area contributed by atoms with E-state index < -0.39 is 11.9 Å². The van der Waals surface area contributed by atoms with E-state index in [9.17, 15) is 18.3 Å². The van der Waals surface area contributed by atoms with Gasteiger partial charge in [-0.25, -0.2) is 4.98 Å². The Balaban J connectivity index is 2.15. The standard InChI is InChI=1S/C22H19F3N4O/c1-12(2)16-8-13(3)20-15(6-7-27-20)19(16)21(30,22(23,24)25)29-11-28-17-9-14(10-26)4-5-18(17)29/h4-9,11-12,27,30H,1-3H3. The van der Waals surface area contributed by atoms with Crippen molar-refractivity contribution in [2.45, 2.75) is 38.6 Å². The summed E-state index contributed by atoms with van der Waals surface area (Å²) in [5, 5.41) is 20.8. The summed E-state index contributed by atoms with van der Waals surface area (Å²) >= 11 is 0. The second-order valence-corrected chi connectivity index (χ2v) is 7.68. The van der Waals surface area contributed by atoms with Gasteiger partial charge in [0.1, 0.15) is 0 Å². The van der Waals surface area contributed by atoms with Gasteiger partial charge in [-0.3, -0.25) is 4.57 Å². The number of nitrogens with zero attached hydrogens (tertiary/aromatic N) is 3. The number of aromatic nitrogens is 3. The first-order chi connectivity index (χ1) is 14.1. The predicted molar refractivity (Wildman–Crippen MR) is 107 cm³/mol. The van der Waals surface area contributed by atoms with Crippen LogP contribution in [0.1, 0.15) is 42.0 Å². The van der Waals surface area contributed by atoms with Gasteiger partial charge in [0.15, 0.2) is 0 Å². The Morgan fingerprint density at radius 3 is 2.57 bits per heavy atom. The van der Waals surface area contributed by atoms with Crippen LogP contribution in [-0.4, -0.2) is 25.8 Å². The van der Waals surface area contributed by atoms with Gasteiger partial charge in [-0.05, 0) is 48.2 Å². The molecule has 8 heteroatoms. The molecule has 30 heavy (non-hydrogen) atoms. The Hall–Kier alpha value is -3.31. The quantitative estimate of drug-likeness (QED) is 0.493.